The molecule has 2 amide bonds. The Balaban J connectivity index is 1.43. The monoisotopic (exact) mass is 399 g/mol. The number of rotatable bonds is 7. The minimum absolute atomic E-state index is 0.0159. The Labute approximate surface area is 170 Å². The van der Waals surface area contributed by atoms with E-state index in [1.807, 2.05) is 13.0 Å². The fraction of sp³-hybridized carbons (Fsp3) is 0.364. The summed E-state index contributed by atoms with van der Waals surface area (Å²) in [6.45, 7) is 5.23. The number of ether oxygens (including phenoxy) is 1. The van der Waals surface area contributed by atoms with Crippen molar-refractivity contribution in [1.82, 2.24) is 10.2 Å². The van der Waals surface area contributed by atoms with Crippen LogP contribution < -0.4 is 15.0 Å². The fourth-order valence-electron chi connectivity index (χ4n) is 3.34. The van der Waals surface area contributed by atoms with Gasteiger partial charge in [-0.3, -0.25) is 9.59 Å². The van der Waals surface area contributed by atoms with E-state index in [1.54, 1.807) is 35.2 Å². The molecule has 0 spiro atoms. The van der Waals surface area contributed by atoms with E-state index >= 15 is 0 Å². The summed E-state index contributed by atoms with van der Waals surface area (Å²) < 4.78 is 18.5. The second-order valence-corrected chi connectivity index (χ2v) is 6.78. The van der Waals surface area contributed by atoms with Crippen LogP contribution in [0, 0.1) is 5.82 Å². The highest BCUT2D eigenvalue weighted by molar-refractivity contribution is 5.97. The van der Waals surface area contributed by atoms with Crippen LogP contribution in [0.2, 0.25) is 0 Å². The molecule has 0 atom stereocenters. The van der Waals surface area contributed by atoms with E-state index in [0.29, 0.717) is 44.1 Å². The Morgan fingerprint density at radius 1 is 1.03 bits per heavy atom. The van der Waals surface area contributed by atoms with Gasteiger partial charge >= 0.3 is 0 Å². The van der Waals surface area contributed by atoms with E-state index in [0.717, 1.165) is 5.69 Å². The first-order valence-electron chi connectivity index (χ1n) is 9.87. The normalized spacial score (nSPS) is 13.9. The number of hydrogen-bond donors (Lipinski definition) is 1. The fourth-order valence-corrected chi connectivity index (χ4v) is 3.34. The molecule has 0 radical (unpaired) electrons. The molecular weight excluding hydrogens is 373 g/mol. The van der Waals surface area contributed by atoms with Crippen molar-refractivity contribution in [3.8, 4) is 5.75 Å². The zero-order chi connectivity index (χ0) is 20.6. The maximum atomic E-state index is 13.1. The van der Waals surface area contributed by atoms with Crippen LogP contribution in [0.1, 0.15) is 23.7 Å². The van der Waals surface area contributed by atoms with Crippen LogP contribution in [0.5, 0.6) is 5.75 Å². The molecule has 0 saturated carbocycles. The first-order chi connectivity index (χ1) is 14.1. The molecular formula is C22H26FN3O3. The van der Waals surface area contributed by atoms with Crippen molar-refractivity contribution >= 4 is 17.5 Å². The summed E-state index contributed by atoms with van der Waals surface area (Å²) >= 11 is 0. The van der Waals surface area contributed by atoms with Crippen molar-refractivity contribution in [2.45, 2.75) is 13.3 Å². The lowest BCUT2D eigenvalue weighted by Gasteiger charge is -2.36. The molecule has 1 fully saturated rings. The number of anilines is 1. The number of carbonyl (C=O) groups is 2. The van der Waals surface area contributed by atoms with Crippen molar-refractivity contribution in [3.63, 3.8) is 0 Å². The number of piperazine rings is 1. The standard InChI is InChI=1S/C22H26FN3O3/c1-2-29-20-6-4-3-5-19(20)22(28)24-12-11-21(27)26-15-13-25(14-16-26)18-9-7-17(23)8-10-18/h3-10H,2,11-16H2,1H3,(H,24,28). The third-order valence-corrected chi connectivity index (χ3v) is 4.88. The average molecular weight is 399 g/mol. The highest BCUT2D eigenvalue weighted by atomic mass is 19.1. The second-order valence-electron chi connectivity index (χ2n) is 6.78. The van der Waals surface area contributed by atoms with Crippen LogP contribution in [-0.4, -0.2) is 56.0 Å². The predicted octanol–water partition coefficient (Wildman–Crippen LogP) is 2.69. The van der Waals surface area contributed by atoms with Gasteiger partial charge in [-0.05, 0) is 43.3 Å². The summed E-state index contributed by atoms with van der Waals surface area (Å²) in [5.41, 5.74) is 1.42. The van der Waals surface area contributed by atoms with Crippen molar-refractivity contribution in [1.29, 1.82) is 0 Å². The van der Waals surface area contributed by atoms with E-state index in [-0.39, 0.29) is 30.6 Å². The summed E-state index contributed by atoms with van der Waals surface area (Å²) in [4.78, 5) is 28.8. The third-order valence-electron chi connectivity index (χ3n) is 4.88. The number of para-hydroxylation sites is 1. The van der Waals surface area contributed by atoms with E-state index < -0.39 is 0 Å². The van der Waals surface area contributed by atoms with E-state index in [4.69, 9.17) is 4.74 Å². The minimum atomic E-state index is -0.256. The highest BCUT2D eigenvalue weighted by Gasteiger charge is 2.21. The zero-order valence-electron chi connectivity index (χ0n) is 16.6. The first kappa shape index (κ1) is 20.6. The van der Waals surface area contributed by atoms with Gasteiger partial charge in [0.15, 0.2) is 0 Å². The molecule has 6 nitrogen and oxygen atoms in total. The zero-order valence-corrected chi connectivity index (χ0v) is 16.6. The lowest BCUT2D eigenvalue weighted by Crippen LogP contribution is -2.49. The van der Waals surface area contributed by atoms with Gasteiger partial charge in [-0.25, -0.2) is 4.39 Å². The highest BCUT2D eigenvalue weighted by Crippen LogP contribution is 2.18. The van der Waals surface area contributed by atoms with Gasteiger partial charge in [0.1, 0.15) is 11.6 Å². The maximum Gasteiger partial charge on any atom is 0.255 e. The lowest BCUT2D eigenvalue weighted by atomic mass is 10.2. The smallest absolute Gasteiger partial charge is 0.255 e. The van der Waals surface area contributed by atoms with Gasteiger partial charge in [0.25, 0.3) is 5.91 Å². The van der Waals surface area contributed by atoms with Gasteiger partial charge < -0.3 is 19.9 Å². The molecule has 1 heterocycles. The molecule has 1 aliphatic heterocycles. The number of carbonyl (C=O) groups excluding carboxylic acids is 2. The van der Waals surface area contributed by atoms with Crippen LogP contribution in [0.4, 0.5) is 10.1 Å². The molecule has 0 aliphatic carbocycles. The maximum absolute atomic E-state index is 13.1. The van der Waals surface area contributed by atoms with Crippen molar-refractivity contribution in [3.05, 3.63) is 59.9 Å². The van der Waals surface area contributed by atoms with Gasteiger partial charge in [-0.2, -0.15) is 0 Å². The summed E-state index contributed by atoms with van der Waals surface area (Å²) in [5, 5.41) is 2.80. The molecule has 29 heavy (non-hydrogen) atoms. The largest absolute Gasteiger partial charge is 0.493 e. The first-order valence-corrected chi connectivity index (χ1v) is 9.87. The molecule has 2 aromatic carbocycles. The molecule has 7 heteroatoms. The van der Waals surface area contributed by atoms with E-state index in [9.17, 15) is 14.0 Å². The van der Waals surface area contributed by atoms with E-state index in [1.165, 1.54) is 12.1 Å². The summed E-state index contributed by atoms with van der Waals surface area (Å²) in [5.74, 6) is 0.0503. The topological polar surface area (TPSA) is 61.9 Å². The van der Waals surface area contributed by atoms with Gasteiger partial charge in [0, 0.05) is 44.8 Å². The van der Waals surface area contributed by atoms with Crippen LogP contribution in [0.3, 0.4) is 0 Å². The molecule has 1 saturated heterocycles. The SMILES string of the molecule is CCOc1ccccc1C(=O)NCCC(=O)N1CCN(c2ccc(F)cc2)CC1. The number of benzene rings is 2. The molecule has 154 valence electrons. The van der Waals surface area contributed by atoms with Crippen LogP contribution >= 0.6 is 0 Å². The van der Waals surface area contributed by atoms with Crippen LogP contribution in [0.15, 0.2) is 48.5 Å². The van der Waals surface area contributed by atoms with Crippen LogP contribution in [0.25, 0.3) is 0 Å². The van der Waals surface area contributed by atoms with Gasteiger partial charge in [-0.15, -0.1) is 0 Å². The van der Waals surface area contributed by atoms with Gasteiger partial charge in [0.05, 0.1) is 12.2 Å². The molecule has 1 aliphatic rings. The Hall–Kier alpha value is -3.09. The predicted molar refractivity (Wildman–Crippen MR) is 110 cm³/mol. The molecule has 0 unspecified atom stereocenters. The lowest BCUT2D eigenvalue weighted by molar-refractivity contribution is -0.131. The Bertz CT molecular complexity index is 833. The quantitative estimate of drug-likeness (QED) is 0.778. The molecule has 2 aromatic rings. The number of hydrogen-bond acceptors (Lipinski definition) is 4. The molecule has 1 N–H and O–H groups in total. The van der Waals surface area contributed by atoms with Crippen molar-refractivity contribution < 1.29 is 18.7 Å². The number of nitrogens with zero attached hydrogens (tertiary/aromatic N) is 2. The van der Waals surface area contributed by atoms with Gasteiger partial charge in [0.2, 0.25) is 5.91 Å². The number of amides is 2. The van der Waals surface area contributed by atoms with Crippen molar-refractivity contribution in [2.24, 2.45) is 0 Å². The average Bonchev–Trinajstić information content (AvgIpc) is 2.75. The number of halogens is 1. The molecule has 0 bridgehead atoms. The molecule has 0 aromatic heterocycles. The minimum Gasteiger partial charge on any atom is -0.493 e. The Morgan fingerprint density at radius 3 is 2.41 bits per heavy atom. The summed E-state index contributed by atoms with van der Waals surface area (Å²) in [6.07, 6.45) is 0.249. The number of nitrogens with one attached hydrogen (secondary N) is 1. The van der Waals surface area contributed by atoms with E-state index in [2.05, 4.69) is 10.2 Å². The molecule has 3 rings (SSSR count). The summed E-state index contributed by atoms with van der Waals surface area (Å²) in [7, 11) is 0. The van der Waals surface area contributed by atoms with Crippen LogP contribution in [-0.2, 0) is 4.79 Å². The summed E-state index contributed by atoms with van der Waals surface area (Å²) in [6, 6.07) is 13.4. The van der Waals surface area contributed by atoms with Crippen molar-refractivity contribution in [2.75, 3.05) is 44.2 Å². The third kappa shape index (κ3) is 5.47. The second kappa shape index (κ2) is 9.91. The Morgan fingerprint density at radius 2 is 1.72 bits per heavy atom. The van der Waals surface area contributed by atoms with Gasteiger partial charge in [-0.1, -0.05) is 12.1 Å². The Kier molecular flexibility index (Phi) is 7.05.